The van der Waals surface area contributed by atoms with Gasteiger partial charge in [-0.15, -0.1) is 0 Å². The van der Waals surface area contributed by atoms with Crippen molar-refractivity contribution in [2.45, 2.75) is 13.8 Å². The van der Waals surface area contributed by atoms with Crippen molar-refractivity contribution in [3.63, 3.8) is 0 Å². The van der Waals surface area contributed by atoms with Crippen molar-refractivity contribution < 1.29 is 9.53 Å². The summed E-state index contributed by atoms with van der Waals surface area (Å²) in [7, 11) is 0. The first kappa shape index (κ1) is 10.1. The molecule has 0 saturated carbocycles. The Morgan fingerprint density at radius 2 is 2.38 bits per heavy atom. The summed E-state index contributed by atoms with van der Waals surface area (Å²) in [6, 6.07) is 0. The predicted octanol–water partition coefficient (Wildman–Crippen LogP) is 1.72. The second kappa shape index (κ2) is 4.32. The molecule has 0 aliphatic rings. The molecule has 0 aliphatic heterocycles. The number of halogens is 1. The maximum absolute atomic E-state index is 11.3. The van der Waals surface area contributed by atoms with E-state index < -0.39 is 5.97 Å². The molecule has 70 valence electrons. The fraction of sp³-hybridized carbons (Fsp3) is 0.375. The lowest BCUT2D eigenvalue weighted by molar-refractivity contribution is 0.0517. The second-order valence-electron chi connectivity index (χ2n) is 2.33. The van der Waals surface area contributed by atoms with Crippen LogP contribution in [0, 0.1) is 6.92 Å². The van der Waals surface area contributed by atoms with Crippen LogP contribution in [-0.2, 0) is 4.74 Å². The zero-order chi connectivity index (χ0) is 9.84. The van der Waals surface area contributed by atoms with Crippen molar-refractivity contribution in [2.24, 2.45) is 0 Å². The standard InChI is InChI=1S/C8H9BrN2O2/c1-3-13-8(12)7-6(9)4-10-5(2)11-7/h4H,3H2,1-2H3. The Morgan fingerprint density at radius 3 is 3.00 bits per heavy atom. The van der Waals surface area contributed by atoms with E-state index in [1.165, 1.54) is 6.20 Å². The summed E-state index contributed by atoms with van der Waals surface area (Å²) >= 11 is 3.18. The molecule has 0 unspecified atom stereocenters. The first-order valence-corrected chi connectivity index (χ1v) is 4.60. The van der Waals surface area contributed by atoms with Gasteiger partial charge in [-0.25, -0.2) is 14.8 Å². The molecule has 0 amide bonds. The molecule has 0 atom stereocenters. The van der Waals surface area contributed by atoms with Crippen molar-refractivity contribution in [2.75, 3.05) is 6.61 Å². The van der Waals surface area contributed by atoms with E-state index in [0.29, 0.717) is 16.9 Å². The second-order valence-corrected chi connectivity index (χ2v) is 3.19. The lowest BCUT2D eigenvalue weighted by atomic mass is 10.4. The van der Waals surface area contributed by atoms with Crippen molar-refractivity contribution >= 4 is 21.9 Å². The Hall–Kier alpha value is -0.970. The molecular weight excluding hydrogens is 236 g/mol. The van der Waals surface area contributed by atoms with E-state index in [1.54, 1.807) is 13.8 Å². The Labute approximate surface area is 84.5 Å². The van der Waals surface area contributed by atoms with E-state index in [1.807, 2.05) is 0 Å². The van der Waals surface area contributed by atoms with Gasteiger partial charge in [0.1, 0.15) is 5.82 Å². The molecule has 13 heavy (non-hydrogen) atoms. The summed E-state index contributed by atoms with van der Waals surface area (Å²) in [6.07, 6.45) is 1.54. The van der Waals surface area contributed by atoms with Gasteiger partial charge in [-0.2, -0.15) is 0 Å². The topological polar surface area (TPSA) is 52.1 Å². The molecular formula is C8H9BrN2O2. The largest absolute Gasteiger partial charge is 0.461 e. The minimum absolute atomic E-state index is 0.273. The van der Waals surface area contributed by atoms with Crippen LogP contribution in [0.2, 0.25) is 0 Å². The van der Waals surface area contributed by atoms with Crippen LogP contribution in [0.3, 0.4) is 0 Å². The maximum Gasteiger partial charge on any atom is 0.358 e. The van der Waals surface area contributed by atoms with Crippen LogP contribution < -0.4 is 0 Å². The van der Waals surface area contributed by atoms with Crippen molar-refractivity contribution in [3.05, 3.63) is 22.2 Å². The first-order valence-electron chi connectivity index (χ1n) is 3.81. The molecule has 0 spiro atoms. The summed E-state index contributed by atoms with van der Waals surface area (Å²) < 4.78 is 5.36. The van der Waals surface area contributed by atoms with E-state index in [4.69, 9.17) is 4.74 Å². The Balaban J connectivity index is 2.99. The minimum Gasteiger partial charge on any atom is -0.461 e. The third-order valence-electron chi connectivity index (χ3n) is 1.33. The highest BCUT2D eigenvalue weighted by molar-refractivity contribution is 9.10. The van der Waals surface area contributed by atoms with Crippen molar-refractivity contribution in [3.8, 4) is 0 Å². The maximum atomic E-state index is 11.3. The average Bonchev–Trinajstić information content (AvgIpc) is 2.09. The number of ether oxygens (including phenoxy) is 1. The smallest absolute Gasteiger partial charge is 0.358 e. The number of aromatic nitrogens is 2. The summed E-state index contributed by atoms with van der Waals surface area (Å²) in [6.45, 7) is 3.81. The molecule has 0 radical (unpaired) electrons. The number of esters is 1. The van der Waals surface area contributed by atoms with E-state index >= 15 is 0 Å². The van der Waals surface area contributed by atoms with Crippen molar-refractivity contribution in [1.29, 1.82) is 0 Å². The molecule has 1 heterocycles. The number of carbonyl (C=O) groups is 1. The quantitative estimate of drug-likeness (QED) is 0.744. The van der Waals surface area contributed by atoms with Gasteiger partial charge in [0, 0.05) is 6.20 Å². The van der Waals surface area contributed by atoms with E-state index in [-0.39, 0.29) is 5.69 Å². The van der Waals surface area contributed by atoms with Gasteiger partial charge >= 0.3 is 5.97 Å². The number of nitrogens with zero attached hydrogens (tertiary/aromatic N) is 2. The fourth-order valence-electron chi connectivity index (χ4n) is 0.798. The van der Waals surface area contributed by atoms with E-state index in [9.17, 15) is 4.79 Å². The lowest BCUT2D eigenvalue weighted by Crippen LogP contribution is -2.09. The molecule has 4 nitrogen and oxygen atoms in total. The van der Waals surface area contributed by atoms with Crippen LogP contribution in [0.25, 0.3) is 0 Å². The molecule has 1 aromatic rings. The van der Waals surface area contributed by atoms with Gasteiger partial charge in [0.15, 0.2) is 5.69 Å². The fourth-order valence-corrected chi connectivity index (χ4v) is 1.15. The van der Waals surface area contributed by atoms with Gasteiger partial charge in [0.05, 0.1) is 11.1 Å². The van der Waals surface area contributed by atoms with Crippen LogP contribution in [0.1, 0.15) is 23.2 Å². The molecule has 5 heteroatoms. The van der Waals surface area contributed by atoms with Crippen molar-refractivity contribution in [1.82, 2.24) is 9.97 Å². The molecule has 1 rings (SSSR count). The van der Waals surface area contributed by atoms with Crippen LogP contribution in [0.4, 0.5) is 0 Å². The normalized spacial score (nSPS) is 9.77. The summed E-state index contributed by atoms with van der Waals surface area (Å²) in [5.74, 6) is 0.117. The molecule has 0 aromatic carbocycles. The predicted molar refractivity (Wildman–Crippen MR) is 50.4 cm³/mol. The Bertz CT molecular complexity index is 328. The Morgan fingerprint density at radius 1 is 1.69 bits per heavy atom. The van der Waals surface area contributed by atoms with Crippen LogP contribution >= 0.6 is 15.9 Å². The zero-order valence-corrected chi connectivity index (χ0v) is 8.96. The van der Waals surface area contributed by atoms with Gasteiger partial charge in [0.25, 0.3) is 0 Å². The Kier molecular flexibility index (Phi) is 3.36. The third kappa shape index (κ3) is 2.48. The van der Waals surface area contributed by atoms with Gasteiger partial charge < -0.3 is 4.74 Å². The van der Waals surface area contributed by atoms with E-state index in [2.05, 4.69) is 25.9 Å². The number of hydrogen-bond acceptors (Lipinski definition) is 4. The lowest BCUT2D eigenvalue weighted by Gasteiger charge is -2.02. The van der Waals surface area contributed by atoms with Gasteiger partial charge in [-0.3, -0.25) is 0 Å². The molecule has 0 N–H and O–H groups in total. The number of carbonyl (C=O) groups excluding carboxylic acids is 1. The number of rotatable bonds is 2. The highest BCUT2D eigenvalue weighted by Gasteiger charge is 2.13. The minimum atomic E-state index is -0.431. The summed E-state index contributed by atoms with van der Waals surface area (Å²) in [4.78, 5) is 19.2. The van der Waals surface area contributed by atoms with Crippen LogP contribution in [-0.4, -0.2) is 22.5 Å². The molecule has 1 aromatic heterocycles. The van der Waals surface area contributed by atoms with Gasteiger partial charge in [0.2, 0.25) is 0 Å². The monoisotopic (exact) mass is 244 g/mol. The molecule has 0 saturated heterocycles. The van der Waals surface area contributed by atoms with E-state index in [0.717, 1.165) is 0 Å². The molecule has 0 bridgehead atoms. The average molecular weight is 245 g/mol. The first-order chi connectivity index (χ1) is 6.15. The number of hydrogen-bond donors (Lipinski definition) is 0. The third-order valence-corrected chi connectivity index (χ3v) is 1.91. The molecule has 0 aliphatic carbocycles. The SMILES string of the molecule is CCOC(=O)c1nc(C)ncc1Br. The van der Waals surface area contributed by atoms with Gasteiger partial charge in [-0.05, 0) is 29.8 Å². The summed E-state index contributed by atoms with van der Waals surface area (Å²) in [5.41, 5.74) is 0.273. The molecule has 0 fully saturated rings. The van der Waals surface area contributed by atoms with Crippen LogP contribution in [0.15, 0.2) is 10.7 Å². The highest BCUT2D eigenvalue weighted by Crippen LogP contribution is 2.13. The van der Waals surface area contributed by atoms with Gasteiger partial charge in [-0.1, -0.05) is 0 Å². The van der Waals surface area contributed by atoms with Crippen LogP contribution in [0.5, 0.6) is 0 Å². The number of aryl methyl sites for hydroxylation is 1. The zero-order valence-electron chi connectivity index (χ0n) is 7.37. The summed E-state index contributed by atoms with van der Waals surface area (Å²) in [5, 5.41) is 0. The highest BCUT2D eigenvalue weighted by atomic mass is 79.9.